The van der Waals surface area contributed by atoms with Gasteiger partial charge in [-0.3, -0.25) is 4.21 Å². The van der Waals surface area contributed by atoms with Crippen LogP contribution < -0.4 is 9.47 Å². The van der Waals surface area contributed by atoms with Crippen LogP contribution in [-0.4, -0.2) is 63.0 Å². The second kappa shape index (κ2) is 16.9. The van der Waals surface area contributed by atoms with Crippen molar-refractivity contribution in [2.75, 3.05) is 30.5 Å². The molecule has 0 aromatic heterocycles. The number of hydrogen-bond donors (Lipinski definition) is 2. The van der Waals surface area contributed by atoms with Crippen LogP contribution in [0.1, 0.15) is 81.1 Å². The number of thioether (sulfide) groups is 1. The number of carboxylic acid groups (broad SMARTS) is 1. The number of unbranched alkanes of at least 4 members (excludes halogenated alkanes) is 6. The van der Waals surface area contributed by atoms with Gasteiger partial charge in [-0.25, -0.2) is 4.79 Å². The molecule has 3 rings (SSSR count). The number of rotatable bonds is 19. The molecule has 1 aliphatic heterocycles. The van der Waals surface area contributed by atoms with E-state index in [9.17, 15) is 36.1 Å². The average Bonchev–Trinajstić information content (AvgIpc) is 2.97. The lowest BCUT2D eigenvalue weighted by atomic mass is 9.76. The van der Waals surface area contributed by atoms with E-state index < -0.39 is 48.3 Å². The van der Waals surface area contributed by atoms with Gasteiger partial charge in [-0.1, -0.05) is 57.2 Å². The second-order valence-electron chi connectivity index (χ2n) is 11.5. The number of carboxylic acids is 1. The maximum absolute atomic E-state index is 13.0. The van der Waals surface area contributed by atoms with Gasteiger partial charge in [0, 0.05) is 51.0 Å². The molecule has 0 bridgehead atoms. The first kappa shape index (κ1) is 36.9. The maximum Gasteiger partial charge on any atom is 0.453 e. The van der Waals surface area contributed by atoms with Crippen molar-refractivity contribution in [3.63, 3.8) is 0 Å². The van der Waals surface area contributed by atoms with Gasteiger partial charge in [-0.15, -0.1) is 0 Å². The summed E-state index contributed by atoms with van der Waals surface area (Å²) in [5.41, 5.74) is 1.65. The molecule has 0 saturated heterocycles. The van der Waals surface area contributed by atoms with E-state index >= 15 is 0 Å². The van der Waals surface area contributed by atoms with Gasteiger partial charge in [0.15, 0.2) is 6.61 Å². The van der Waals surface area contributed by atoms with Crippen LogP contribution in [0, 0.1) is 0 Å². The molecule has 0 fully saturated rings. The molecule has 0 amide bonds. The Morgan fingerprint density at radius 3 is 2.24 bits per heavy atom. The van der Waals surface area contributed by atoms with E-state index in [0.717, 1.165) is 55.4 Å². The van der Waals surface area contributed by atoms with Crippen LogP contribution in [-0.2, 0) is 21.0 Å². The summed E-state index contributed by atoms with van der Waals surface area (Å²) in [5.74, 6) is -3.46. The molecule has 13 heteroatoms. The van der Waals surface area contributed by atoms with Crippen molar-refractivity contribution in [3.8, 4) is 17.2 Å². The lowest BCUT2D eigenvalue weighted by Crippen LogP contribution is -2.39. The van der Waals surface area contributed by atoms with E-state index in [0.29, 0.717) is 30.3 Å². The van der Waals surface area contributed by atoms with Crippen molar-refractivity contribution < 1.29 is 50.6 Å². The van der Waals surface area contributed by atoms with Gasteiger partial charge in [0.2, 0.25) is 0 Å². The Balaban J connectivity index is 1.41. The first-order valence-corrected chi connectivity index (χ1v) is 17.6. The normalized spacial score (nSPS) is 19.0. The Morgan fingerprint density at radius 2 is 1.60 bits per heavy atom. The summed E-state index contributed by atoms with van der Waals surface area (Å²) < 4.78 is 86.0. The summed E-state index contributed by atoms with van der Waals surface area (Å²) in [4.78, 5) is 10.9. The van der Waals surface area contributed by atoms with Gasteiger partial charge < -0.3 is 19.7 Å². The molecule has 0 saturated carbocycles. The van der Waals surface area contributed by atoms with Crippen LogP contribution in [0.2, 0.25) is 0 Å². The molecule has 6 nitrogen and oxygen atoms in total. The molecule has 0 spiro atoms. The summed E-state index contributed by atoms with van der Waals surface area (Å²) in [5, 5.41) is 18.8. The molecule has 252 valence electrons. The number of aliphatic carboxylic acids is 1. The van der Waals surface area contributed by atoms with E-state index in [4.69, 9.17) is 14.6 Å². The second-order valence-corrected chi connectivity index (χ2v) is 14.4. The standard InChI is InChI=1S/C32H41F5O6S2/c1-30(23-10-12-24(38)13-11-23)22-43-27-20-25(42-21-28(39)40)14-15-26(27)29(30)44-17-7-5-3-2-4-6-8-18-45(41)19-9-16-31(33,34)32(35,36)37/h10-15,20,29,38H,2-9,16-19,21-22H2,1H3,(H,39,40). The third-order valence-electron chi connectivity index (χ3n) is 7.84. The summed E-state index contributed by atoms with van der Waals surface area (Å²) in [6, 6.07) is 12.5. The predicted molar refractivity (Wildman–Crippen MR) is 166 cm³/mol. The first-order valence-electron chi connectivity index (χ1n) is 15.0. The summed E-state index contributed by atoms with van der Waals surface area (Å²) >= 11 is 1.83. The zero-order chi connectivity index (χ0) is 33.1. The number of fused-ring (bicyclic) bond motifs is 1. The van der Waals surface area contributed by atoms with Gasteiger partial charge in [-0.05, 0) is 48.8 Å². The highest BCUT2D eigenvalue weighted by Crippen LogP contribution is 2.53. The number of benzene rings is 2. The highest BCUT2D eigenvalue weighted by molar-refractivity contribution is 7.99. The third-order valence-corrected chi connectivity index (χ3v) is 11.0. The van der Waals surface area contributed by atoms with Crippen molar-refractivity contribution in [1.82, 2.24) is 0 Å². The Hall–Kier alpha value is -2.54. The van der Waals surface area contributed by atoms with Crippen molar-refractivity contribution in [3.05, 3.63) is 53.6 Å². The van der Waals surface area contributed by atoms with Crippen molar-refractivity contribution in [2.45, 2.75) is 87.5 Å². The molecule has 1 aliphatic rings. The predicted octanol–water partition coefficient (Wildman–Crippen LogP) is 8.44. The van der Waals surface area contributed by atoms with E-state index in [1.807, 2.05) is 30.0 Å². The van der Waals surface area contributed by atoms with Crippen LogP contribution in [0.5, 0.6) is 17.2 Å². The van der Waals surface area contributed by atoms with Crippen molar-refractivity contribution >= 4 is 28.5 Å². The Morgan fingerprint density at radius 1 is 0.978 bits per heavy atom. The van der Waals surface area contributed by atoms with Gasteiger partial charge in [0.05, 0.1) is 6.61 Å². The molecule has 3 atom stereocenters. The number of aromatic hydroxyl groups is 1. The fourth-order valence-corrected chi connectivity index (χ4v) is 7.99. The van der Waals surface area contributed by atoms with Crippen LogP contribution in [0.3, 0.4) is 0 Å². The number of carbonyl (C=O) groups is 1. The van der Waals surface area contributed by atoms with Crippen LogP contribution in [0.15, 0.2) is 42.5 Å². The molecule has 2 aromatic carbocycles. The minimum Gasteiger partial charge on any atom is -0.508 e. The molecule has 0 radical (unpaired) electrons. The number of alkyl halides is 5. The molecule has 2 aromatic rings. The zero-order valence-corrected chi connectivity index (χ0v) is 26.9. The Kier molecular flexibility index (Phi) is 13.8. The zero-order valence-electron chi connectivity index (χ0n) is 25.3. The number of ether oxygens (including phenoxy) is 2. The van der Waals surface area contributed by atoms with Crippen LogP contribution in [0.25, 0.3) is 0 Å². The number of halogens is 5. The Labute approximate surface area is 267 Å². The smallest absolute Gasteiger partial charge is 0.453 e. The number of phenols is 1. The van der Waals surface area contributed by atoms with Crippen LogP contribution in [0.4, 0.5) is 22.0 Å². The largest absolute Gasteiger partial charge is 0.508 e. The SMILES string of the molecule is CC1(c2ccc(O)cc2)COc2cc(OCC(=O)O)ccc2C1SCCCCCCCCCS(=O)CCCC(F)(F)C(F)(F)F. The molecule has 3 unspecified atom stereocenters. The van der Waals surface area contributed by atoms with Gasteiger partial charge >= 0.3 is 18.1 Å². The third kappa shape index (κ3) is 11.0. The quantitative estimate of drug-likeness (QED) is 0.114. The number of phenolic OH excluding ortho intramolecular Hbond substituents is 1. The molecular formula is C32H41F5O6S2. The van der Waals surface area contributed by atoms with Gasteiger partial charge in [0.1, 0.15) is 17.2 Å². The maximum atomic E-state index is 13.0. The van der Waals surface area contributed by atoms with Gasteiger partial charge in [-0.2, -0.15) is 33.7 Å². The van der Waals surface area contributed by atoms with Crippen molar-refractivity contribution in [1.29, 1.82) is 0 Å². The molecule has 45 heavy (non-hydrogen) atoms. The van der Waals surface area contributed by atoms with E-state index in [1.54, 1.807) is 24.3 Å². The lowest BCUT2D eigenvalue weighted by Gasteiger charge is -2.42. The topological polar surface area (TPSA) is 93.1 Å². The fourth-order valence-electron chi connectivity index (χ4n) is 5.24. The monoisotopic (exact) mass is 680 g/mol. The minimum absolute atomic E-state index is 0.0416. The highest BCUT2D eigenvalue weighted by Gasteiger charge is 2.56. The summed E-state index contributed by atoms with van der Waals surface area (Å²) in [6.45, 7) is 2.09. The molecule has 1 heterocycles. The van der Waals surface area contributed by atoms with E-state index in [1.165, 1.54) is 0 Å². The molecule has 0 aliphatic carbocycles. The average molecular weight is 681 g/mol. The summed E-state index contributed by atoms with van der Waals surface area (Å²) in [6.07, 6.45) is -0.843. The minimum atomic E-state index is -5.57. The summed E-state index contributed by atoms with van der Waals surface area (Å²) in [7, 11) is -1.39. The van der Waals surface area contributed by atoms with E-state index in [2.05, 4.69) is 6.92 Å². The van der Waals surface area contributed by atoms with Gasteiger partial charge in [0.25, 0.3) is 0 Å². The highest BCUT2D eigenvalue weighted by atomic mass is 32.2. The number of hydrogen-bond acceptors (Lipinski definition) is 6. The molecular weight excluding hydrogens is 639 g/mol. The van der Waals surface area contributed by atoms with Crippen molar-refractivity contribution in [2.24, 2.45) is 0 Å². The fraction of sp³-hybridized carbons (Fsp3) is 0.594. The van der Waals surface area contributed by atoms with E-state index in [-0.39, 0.29) is 22.2 Å². The molecule has 2 N–H and O–H groups in total. The first-order chi connectivity index (χ1) is 21.2. The van der Waals surface area contributed by atoms with Crippen LogP contribution >= 0.6 is 11.8 Å². The lowest BCUT2D eigenvalue weighted by molar-refractivity contribution is -0.284. The Bertz CT molecular complexity index is 1260.